The Morgan fingerprint density at radius 1 is 1.40 bits per heavy atom. The third-order valence-corrected chi connectivity index (χ3v) is 3.03. The van der Waals surface area contributed by atoms with E-state index in [0.717, 1.165) is 12.1 Å². The molecule has 5 nitrogen and oxygen atoms in total. The van der Waals surface area contributed by atoms with E-state index in [1.807, 2.05) is 27.7 Å². The average molecular weight is 280 g/mol. The molecule has 20 heavy (non-hydrogen) atoms. The number of aliphatic hydroxyl groups is 1. The molecule has 0 fully saturated rings. The van der Waals surface area contributed by atoms with Gasteiger partial charge in [-0.05, 0) is 31.9 Å². The topological polar surface area (TPSA) is 82.5 Å². The van der Waals surface area contributed by atoms with Crippen LogP contribution in [-0.2, 0) is 5.41 Å². The van der Waals surface area contributed by atoms with E-state index in [0.29, 0.717) is 12.2 Å². The molecule has 0 spiro atoms. The van der Waals surface area contributed by atoms with Gasteiger partial charge in [-0.1, -0.05) is 20.8 Å². The zero-order chi connectivity index (χ0) is 15.3. The number of aromatic carboxylic acids is 1. The fraction of sp³-hybridized carbons (Fsp3) is 0.600. The Hall–Kier alpha value is -1.62. The van der Waals surface area contributed by atoms with Crippen LogP contribution in [0.15, 0.2) is 12.1 Å². The molecule has 0 bridgehead atoms. The second-order valence-corrected chi connectivity index (χ2v) is 6.09. The van der Waals surface area contributed by atoms with E-state index >= 15 is 0 Å². The van der Waals surface area contributed by atoms with Crippen LogP contribution in [0.3, 0.4) is 0 Å². The van der Waals surface area contributed by atoms with Crippen molar-refractivity contribution in [3.8, 4) is 0 Å². The van der Waals surface area contributed by atoms with Gasteiger partial charge < -0.3 is 15.5 Å². The summed E-state index contributed by atoms with van der Waals surface area (Å²) in [5.41, 5.74) is 0.770. The molecular weight excluding hydrogens is 256 g/mol. The third kappa shape index (κ3) is 4.81. The summed E-state index contributed by atoms with van der Waals surface area (Å²) in [7, 11) is 0. The van der Waals surface area contributed by atoms with Gasteiger partial charge in [0, 0.05) is 23.8 Å². The van der Waals surface area contributed by atoms with E-state index in [1.165, 1.54) is 0 Å². The molecule has 0 aromatic carbocycles. The summed E-state index contributed by atoms with van der Waals surface area (Å²) in [4.78, 5) is 15.7. The lowest BCUT2D eigenvalue weighted by atomic mass is 9.90. The lowest BCUT2D eigenvalue weighted by Crippen LogP contribution is -2.20. The van der Waals surface area contributed by atoms with Crippen molar-refractivity contribution >= 4 is 11.8 Å². The quantitative estimate of drug-likeness (QED) is 0.746. The number of hydrogen-bond acceptors (Lipinski definition) is 4. The van der Waals surface area contributed by atoms with Gasteiger partial charge in [0.15, 0.2) is 0 Å². The maximum atomic E-state index is 11.2. The Bertz CT molecular complexity index is 467. The van der Waals surface area contributed by atoms with E-state index in [4.69, 9.17) is 5.11 Å². The summed E-state index contributed by atoms with van der Waals surface area (Å²) in [5, 5.41) is 21.2. The fourth-order valence-electron chi connectivity index (χ4n) is 1.83. The van der Waals surface area contributed by atoms with Crippen LogP contribution in [0.1, 0.15) is 56.6 Å². The predicted molar refractivity (Wildman–Crippen MR) is 79.3 cm³/mol. The monoisotopic (exact) mass is 280 g/mol. The van der Waals surface area contributed by atoms with Gasteiger partial charge in [-0.25, -0.2) is 9.78 Å². The first-order chi connectivity index (χ1) is 9.24. The van der Waals surface area contributed by atoms with Crippen LogP contribution in [0.25, 0.3) is 0 Å². The maximum Gasteiger partial charge on any atom is 0.335 e. The molecule has 0 aliphatic rings. The fourth-order valence-corrected chi connectivity index (χ4v) is 1.83. The Balaban J connectivity index is 3.00. The molecule has 1 unspecified atom stereocenters. The van der Waals surface area contributed by atoms with Crippen LogP contribution in [-0.4, -0.2) is 33.8 Å². The largest absolute Gasteiger partial charge is 0.478 e. The van der Waals surface area contributed by atoms with E-state index in [-0.39, 0.29) is 23.6 Å². The Morgan fingerprint density at radius 2 is 2.05 bits per heavy atom. The molecule has 1 atom stereocenters. The number of nitrogens with zero attached hydrogens (tertiary/aromatic N) is 1. The number of carboxylic acids is 1. The van der Waals surface area contributed by atoms with E-state index in [1.54, 1.807) is 12.1 Å². The van der Waals surface area contributed by atoms with Crippen molar-refractivity contribution in [1.82, 2.24) is 4.98 Å². The van der Waals surface area contributed by atoms with Crippen LogP contribution < -0.4 is 5.32 Å². The molecule has 1 aromatic rings. The van der Waals surface area contributed by atoms with Gasteiger partial charge in [-0.15, -0.1) is 0 Å². The van der Waals surface area contributed by atoms with Gasteiger partial charge in [-0.3, -0.25) is 0 Å². The summed E-state index contributed by atoms with van der Waals surface area (Å²) in [6.45, 7) is 8.14. The summed E-state index contributed by atoms with van der Waals surface area (Å²) < 4.78 is 0. The molecule has 0 aliphatic carbocycles. The highest BCUT2D eigenvalue weighted by Gasteiger charge is 2.19. The maximum absolute atomic E-state index is 11.2. The molecule has 0 aliphatic heterocycles. The van der Waals surface area contributed by atoms with Crippen LogP contribution in [0, 0.1) is 0 Å². The minimum absolute atomic E-state index is 0.131. The number of aliphatic hydroxyl groups excluding tert-OH is 1. The summed E-state index contributed by atoms with van der Waals surface area (Å²) in [6, 6.07) is 3.30. The van der Waals surface area contributed by atoms with E-state index in [9.17, 15) is 9.90 Å². The third-order valence-electron chi connectivity index (χ3n) is 3.03. The van der Waals surface area contributed by atoms with Crippen molar-refractivity contribution in [3.63, 3.8) is 0 Å². The highest BCUT2D eigenvalue weighted by Crippen LogP contribution is 2.24. The second-order valence-electron chi connectivity index (χ2n) is 6.09. The molecule has 0 saturated carbocycles. The minimum atomic E-state index is -0.955. The second kappa shape index (κ2) is 6.70. The summed E-state index contributed by atoms with van der Waals surface area (Å²) >= 11 is 0. The summed E-state index contributed by atoms with van der Waals surface area (Å²) in [5.74, 6) is -0.385. The van der Waals surface area contributed by atoms with Gasteiger partial charge in [0.1, 0.15) is 5.82 Å². The number of carboxylic acid groups (broad SMARTS) is 1. The first kappa shape index (κ1) is 16.4. The summed E-state index contributed by atoms with van der Waals surface area (Å²) in [6.07, 6.45) is 1.51. The molecule has 0 radical (unpaired) electrons. The number of rotatable bonds is 6. The van der Waals surface area contributed by atoms with E-state index in [2.05, 4.69) is 10.3 Å². The first-order valence-electron chi connectivity index (χ1n) is 6.87. The molecule has 3 N–H and O–H groups in total. The Kier molecular flexibility index (Phi) is 5.51. The number of pyridine rings is 1. The van der Waals surface area contributed by atoms with Crippen molar-refractivity contribution < 1.29 is 15.0 Å². The van der Waals surface area contributed by atoms with Crippen LogP contribution in [0.2, 0.25) is 0 Å². The minimum Gasteiger partial charge on any atom is -0.478 e. The van der Waals surface area contributed by atoms with Crippen LogP contribution in [0.5, 0.6) is 0 Å². The number of anilines is 1. The van der Waals surface area contributed by atoms with Crippen LogP contribution >= 0.6 is 0 Å². The van der Waals surface area contributed by atoms with Crippen LogP contribution in [0.4, 0.5) is 5.82 Å². The number of aromatic nitrogens is 1. The number of nitrogens with one attached hydrogen (secondary N) is 1. The van der Waals surface area contributed by atoms with Gasteiger partial charge >= 0.3 is 5.97 Å². The smallest absolute Gasteiger partial charge is 0.335 e. The van der Waals surface area contributed by atoms with Gasteiger partial charge in [-0.2, -0.15) is 0 Å². The van der Waals surface area contributed by atoms with Crippen molar-refractivity contribution in [2.45, 2.75) is 52.0 Å². The molecule has 0 saturated heterocycles. The molecule has 5 heteroatoms. The average Bonchev–Trinajstić information content (AvgIpc) is 2.34. The molecular formula is C15H24N2O3. The molecule has 112 valence electrons. The Morgan fingerprint density at radius 3 is 2.55 bits per heavy atom. The van der Waals surface area contributed by atoms with Crippen molar-refractivity contribution in [3.05, 3.63) is 23.4 Å². The lowest BCUT2D eigenvalue weighted by Gasteiger charge is -2.21. The standard InChI is InChI=1S/C15H24N2O3/c1-10(6-5-7-18)16-13-9-11(14(19)20)8-12(17-13)15(2,3)4/h8-10,18H,5-7H2,1-4H3,(H,16,17)(H,19,20). The highest BCUT2D eigenvalue weighted by molar-refractivity contribution is 5.88. The molecule has 1 heterocycles. The lowest BCUT2D eigenvalue weighted by molar-refractivity contribution is 0.0696. The van der Waals surface area contributed by atoms with Crippen molar-refractivity contribution in [1.29, 1.82) is 0 Å². The molecule has 0 amide bonds. The first-order valence-corrected chi connectivity index (χ1v) is 6.87. The highest BCUT2D eigenvalue weighted by atomic mass is 16.4. The number of hydrogen-bond donors (Lipinski definition) is 3. The zero-order valence-corrected chi connectivity index (χ0v) is 12.6. The normalized spacial score (nSPS) is 13.1. The Labute approximate surface area is 120 Å². The van der Waals surface area contributed by atoms with E-state index < -0.39 is 5.97 Å². The number of carbonyl (C=O) groups is 1. The van der Waals surface area contributed by atoms with Crippen molar-refractivity contribution in [2.75, 3.05) is 11.9 Å². The van der Waals surface area contributed by atoms with Crippen molar-refractivity contribution in [2.24, 2.45) is 0 Å². The molecule has 1 rings (SSSR count). The zero-order valence-electron chi connectivity index (χ0n) is 12.6. The SMILES string of the molecule is CC(CCCO)Nc1cc(C(=O)O)cc(C(C)(C)C)n1. The van der Waals surface area contributed by atoms with Gasteiger partial charge in [0.25, 0.3) is 0 Å². The predicted octanol–water partition coefficient (Wildman–Crippen LogP) is 2.65. The molecule has 1 aromatic heterocycles. The van der Waals surface area contributed by atoms with Gasteiger partial charge in [0.2, 0.25) is 0 Å². The van der Waals surface area contributed by atoms with Gasteiger partial charge in [0.05, 0.1) is 5.56 Å².